The zero-order chi connectivity index (χ0) is 16.0. The number of anilines is 1. The van der Waals surface area contributed by atoms with Crippen LogP contribution in [0, 0.1) is 5.82 Å². The van der Waals surface area contributed by atoms with Crippen LogP contribution in [0.3, 0.4) is 0 Å². The normalized spacial score (nSPS) is 12.9. The van der Waals surface area contributed by atoms with Gasteiger partial charge in [0, 0.05) is 6.54 Å². The minimum Gasteiger partial charge on any atom is -0.391 e. The SMILES string of the molecule is CCCC(O)CNC(=O)Nc1cc(C(F)(F)F)ccc1F. The third kappa shape index (κ3) is 5.58. The maximum atomic E-state index is 13.4. The molecule has 1 aromatic rings. The molecule has 2 amide bonds. The topological polar surface area (TPSA) is 61.4 Å². The van der Waals surface area contributed by atoms with E-state index in [2.05, 4.69) is 5.32 Å². The predicted octanol–water partition coefficient (Wildman–Crippen LogP) is 3.13. The highest BCUT2D eigenvalue weighted by Gasteiger charge is 2.31. The third-order valence-corrected chi connectivity index (χ3v) is 2.66. The summed E-state index contributed by atoms with van der Waals surface area (Å²) in [6.07, 6.45) is -4.20. The van der Waals surface area contributed by atoms with Gasteiger partial charge >= 0.3 is 12.2 Å². The lowest BCUT2D eigenvalue weighted by atomic mass is 10.2. The molecule has 1 unspecified atom stereocenters. The van der Waals surface area contributed by atoms with Gasteiger partial charge in [-0.3, -0.25) is 0 Å². The number of carbonyl (C=O) groups is 1. The Kier molecular flexibility index (Phi) is 5.95. The molecular weight excluding hydrogens is 292 g/mol. The summed E-state index contributed by atoms with van der Waals surface area (Å²) in [6, 6.07) is 0.842. The molecule has 1 aromatic carbocycles. The molecule has 0 fully saturated rings. The van der Waals surface area contributed by atoms with Crippen LogP contribution in [0.1, 0.15) is 25.3 Å². The summed E-state index contributed by atoms with van der Waals surface area (Å²) in [6.45, 7) is 1.78. The number of carbonyl (C=O) groups excluding carboxylic acids is 1. The highest BCUT2D eigenvalue weighted by Crippen LogP contribution is 2.31. The number of hydrogen-bond donors (Lipinski definition) is 3. The molecule has 0 aromatic heterocycles. The Hall–Kier alpha value is -1.83. The van der Waals surface area contributed by atoms with Crippen LogP contribution in [0.2, 0.25) is 0 Å². The van der Waals surface area contributed by atoms with Crippen molar-refractivity contribution in [1.82, 2.24) is 5.32 Å². The minimum atomic E-state index is -4.63. The molecule has 0 saturated heterocycles. The number of alkyl halides is 3. The van der Waals surface area contributed by atoms with Crippen molar-refractivity contribution in [2.24, 2.45) is 0 Å². The van der Waals surface area contributed by atoms with Gasteiger partial charge in [-0.25, -0.2) is 9.18 Å². The van der Waals surface area contributed by atoms with Crippen LogP contribution in [0.25, 0.3) is 0 Å². The highest BCUT2D eigenvalue weighted by molar-refractivity contribution is 5.89. The maximum absolute atomic E-state index is 13.4. The number of aliphatic hydroxyl groups is 1. The van der Waals surface area contributed by atoms with Crippen molar-refractivity contribution in [3.05, 3.63) is 29.6 Å². The van der Waals surface area contributed by atoms with Crippen molar-refractivity contribution in [2.45, 2.75) is 32.0 Å². The van der Waals surface area contributed by atoms with Crippen LogP contribution in [0.5, 0.6) is 0 Å². The second-order valence-electron chi connectivity index (χ2n) is 4.47. The van der Waals surface area contributed by atoms with E-state index in [0.29, 0.717) is 31.0 Å². The largest absolute Gasteiger partial charge is 0.416 e. The van der Waals surface area contributed by atoms with Gasteiger partial charge in [-0.2, -0.15) is 13.2 Å². The molecule has 4 nitrogen and oxygen atoms in total. The standard InChI is InChI=1S/C13H16F4N2O2/c1-2-3-9(20)7-18-12(21)19-11-6-8(13(15,16)17)4-5-10(11)14/h4-6,9,20H,2-3,7H2,1H3,(H2,18,19,21). The molecule has 0 heterocycles. The molecule has 8 heteroatoms. The van der Waals surface area contributed by atoms with Crippen molar-refractivity contribution in [3.8, 4) is 0 Å². The Balaban J connectivity index is 2.67. The number of amides is 2. The molecule has 0 radical (unpaired) electrons. The van der Waals surface area contributed by atoms with Crippen LogP contribution >= 0.6 is 0 Å². The Labute approximate surface area is 119 Å². The molecule has 1 atom stereocenters. The lowest BCUT2D eigenvalue weighted by molar-refractivity contribution is -0.137. The molecule has 0 bridgehead atoms. The van der Waals surface area contributed by atoms with E-state index >= 15 is 0 Å². The van der Waals surface area contributed by atoms with E-state index in [-0.39, 0.29) is 6.54 Å². The second-order valence-corrected chi connectivity index (χ2v) is 4.47. The Morgan fingerprint density at radius 2 is 2.05 bits per heavy atom. The van der Waals surface area contributed by atoms with E-state index in [9.17, 15) is 27.5 Å². The smallest absolute Gasteiger partial charge is 0.391 e. The molecular formula is C13H16F4N2O2. The number of aliphatic hydroxyl groups excluding tert-OH is 1. The summed E-state index contributed by atoms with van der Waals surface area (Å²) < 4.78 is 50.9. The summed E-state index contributed by atoms with van der Waals surface area (Å²) in [7, 11) is 0. The van der Waals surface area contributed by atoms with Crippen molar-refractivity contribution in [3.63, 3.8) is 0 Å². The van der Waals surface area contributed by atoms with E-state index in [0.717, 1.165) is 0 Å². The van der Waals surface area contributed by atoms with Gasteiger partial charge in [0.2, 0.25) is 0 Å². The summed E-state index contributed by atoms with van der Waals surface area (Å²) in [4.78, 5) is 11.5. The molecule has 0 saturated carbocycles. The zero-order valence-electron chi connectivity index (χ0n) is 11.3. The van der Waals surface area contributed by atoms with E-state index in [1.54, 1.807) is 0 Å². The minimum absolute atomic E-state index is 0.0692. The van der Waals surface area contributed by atoms with Crippen LogP contribution in [0.4, 0.5) is 28.0 Å². The quantitative estimate of drug-likeness (QED) is 0.732. The van der Waals surface area contributed by atoms with Gasteiger partial charge in [0.1, 0.15) is 5.82 Å². The lowest BCUT2D eigenvalue weighted by Gasteiger charge is -2.13. The van der Waals surface area contributed by atoms with Crippen LogP contribution in [-0.4, -0.2) is 23.8 Å². The van der Waals surface area contributed by atoms with Crippen molar-refractivity contribution in [1.29, 1.82) is 0 Å². The van der Waals surface area contributed by atoms with Gasteiger partial charge < -0.3 is 15.7 Å². The number of hydrogen-bond acceptors (Lipinski definition) is 2. The first-order valence-corrected chi connectivity index (χ1v) is 6.33. The van der Waals surface area contributed by atoms with Crippen molar-refractivity contribution >= 4 is 11.7 Å². The van der Waals surface area contributed by atoms with E-state index in [4.69, 9.17) is 0 Å². The molecule has 0 aliphatic heterocycles. The van der Waals surface area contributed by atoms with Crippen molar-refractivity contribution in [2.75, 3.05) is 11.9 Å². The summed E-state index contributed by atoms with van der Waals surface area (Å²) in [5.41, 5.74) is -1.64. The molecule has 1 rings (SSSR count). The summed E-state index contributed by atoms with van der Waals surface area (Å²) >= 11 is 0. The van der Waals surface area contributed by atoms with Crippen molar-refractivity contribution < 1.29 is 27.5 Å². The van der Waals surface area contributed by atoms with E-state index in [1.807, 2.05) is 12.2 Å². The Morgan fingerprint density at radius 1 is 1.38 bits per heavy atom. The summed E-state index contributed by atoms with van der Waals surface area (Å²) in [5, 5.41) is 13.6. The van der Waals surface area contributed by atoms with E-state index < -0.39 is 35.4 Å². The molecule has 3 N–H and O–H groups in total. The number of benzene rings is 1. The Bertz CT molecular complexity index is 492. The fourth-order valence-electron chi connectivity index (χ4n) is 1.61. The molecule has 21 heavy (non-hydrogen) atoms. The molecule has 118 valence electrons. The average molecular weight is 308 g/mol. The lowest BCUT2D eigenvalue weighted by Crippen LogP contribution is -2.35. The number of rotatable bonds is 5. The Morgan fingerprint density at radius 3 is 2.62 bits per heavy atom. The van der Waals surface area contributed by atoms with Crippen LogP contribution < -0.4 is 10.6 Å². The second kappa shape index (κ2) is 7.26. The summed E-state index contributed by atoms with van der Waals surface area (Å²) in [5.74, 6) is -0.979. The molecule has 0 spiro atoms. The maximum Gasteiger partial charge on any atom is 0.416 e. The van der Waals surface area contributed by atoms with Gasteiger partial charge in [0.25, 0.3) is 0 Å². The van der Waals surface area contributed by atoms with Crippen LogP contribution in [0.15, 0.2) is 18.2 Å². The molecule has 0 aliphatic carbocycles. The van der Waals surface area contributed by atoms with Gasteiger partial charge in [-0.1, -0.05) is 13.3 Å². The van der Waals surface area contributed by atoms with Gasteiger partial charge in [0.15, 0.2) is 0 Å². The highest BCUT2D eigenvalue weighted by atomic mass is 19.4. The van der Waals surface area contributed by atoms with Gasteiger partial charge in [0.05, 0.1) is 17.4 Å². The van der Waals surface area contributed by atoms with Crippen LogP contribution in [-0.2, 0) is 6.18 Å². The number of nitrogens with one attached hydrogen (secondary N) is 2. The first-order chi connectivity index (χ1) is 9.74. The third-order valence-electron chi connectivity index (χ3n) is 2.66. The predicted molar refractivity (Wildman–Crippen MR) is 69.3 cm³/mol. The van der Waals surface area contributed by atoms with E-state index in [1.165, 1.54) is 0 Å². The monoisotopic (exact) mass is 308 g/mol. The van der Waals surface area contributed by atoms with Gasteiger partial charge in [-0.05, 0) is 24.6 Å². The fourth-order valence-corrected chi connectivity index (χ4v) is 1.61. The zero-order valence-corrected chi connectivity index (χ0v) is 11.3. The first-order valence-electron chi connectivity index (χ1n) is 6.33. The molecule has 0 aliphatic rings. The number of halogens is 4. The van der Waals surface area contributed by atoms with Gasteiger partial charge in [-0.15, -0.1) is 0 Å². The number of urea groups is 1. The fraction of sp³-hybridized carbons (Fsp3) is 0.462. The first kappa shape index (κ1) is 17.2. The average Bonchev–Trinajstić information content (AvgIpc) is 2.38.